The molecule has 0 saturated carbocycles. The summed E-state index contributed by atoms with van der Waals surface area (Å²) in [6.07, 6.45) is 1.42. The van der Waals surface area contributed by atoms with Gasteiger partial charge in [-0.3, -0.25) is 14.4 Å². The van der Waals surface area contributed by atoms with E-state index in [4.69, 9.17) is 0 Å². The summed E-state index contributed by atoms with van der Waals surface area (Å²) in [6.45, 7) is 2.26. The summed E-state index contributed by atoms with van der Waals surface area (Å²) >= 11 is 0. The van der Waals surface area contributed by atoms with Gasteiger partial charge in [0.25, 0.3) is 11.5 Å². The van der Waals surface area contributed by atoms with Gasteiger partial charge in [0.1, 0.15) is 11.6 Å². The Labute approximate surface area is 117 Å². The van der Waals surface area contributed by atoms with Crippen molar-refractivity contribution in [3.8, 4) is 0 Å². The van der Waals surface area contributed by atoms with E-state index < -0.39 is 11.6 Å². The van der Waals surface area contributed by atoms with E-state index in [0.717, 1.165) is 6.42 Å². The minimum absolute atomic E-state index is 0.0917. The maximum Gasteiger partial charge on any atom is 0.260 e. The highest BCUT2D eigenvalue weighted by atomic mass is 16.2. The van der Waals surface area contributed by atoms with E-state index >= 15 is 0 Å². The first kappa shape index (κ1) is 14.3. The number of carbonyl (C=O) groups is 2. The highest BCUT2D eigenvalue weighted by molar-refractivity contribution is 5.97. The first-order valence-electron chi connectivity index (χ1n) is 6.64. The molecule has 1 fully saturated rings. The summed E-state index contributed by atoms with van der Waals surface area (Å²) in [4.78, 5) is 42.0. The Bertz CT molecular complexity index is 592. The number of nitrogens with one attached hydrogen (secondary N) is 1. The molecule has 1 atom stereocenters. The monoisotopic (exact) mass is 277 g/mol. The zero-order valence-corrected chi connectivity index (χ0v) is 12.0. The summed E-state index contributed by atoms with van der Waals surface area (Å²) < 4.78 is 0. The van der Waals surface area contributed by atoms with Crippen LogP contribution in [0, 0.1) is 6.92 Å². The zero-order chi connectivity index (χ0) is 14.9. The summed E-state index contributed by atoms with van der Waals surface area (Å²) in [5.41, 5.74) is 0.390. The van der Waals surface area contributed by atoms with Crippen molar-refractivity contribution in [1.82, 2.24) is 14.8 Å². The predicted octanol–water partition coefficient (Wildman–Crippen LogP) is 0.376. The van der Waals surface area contributed by atoms with Crippen LogP contribution in [0.3, 0.4) is 0 Å². The number of rotatable bonds is 2. The van der Waals surface area contributed by atoms with Crippen molar-refractivity contribution in [2.24, 2.45) is 0 Å². The van der Waals surface area contributed by atoms with Gasteiger partial charge in [-0.15, -0.1) is 0 Å². The average molecular weight is 277 g/mol. The standard InChI is InChI=1S/C14H19N3O3/c1-9-6-7-10(12(18)15-9)13(19)17-8-4-5-11(17)14(20)16(2)3/h6-7,11H,4-5,8H2,1-3H3,(H,15,18)/t11-/m1/s1. The van der Waals surface area contributed by atoms with Crippen molar-refractivity contribution in [3.63, 3.8) is 0 Å². The molecule has 0 radical (unpaired) electrons. The minimum atomic E-state index is -0.460. The predicted molar refractivity (Wildman–Crippen MR) is 74.6 cm³/mol. The molecule has 2 amide bonds. The lowest BCUT2D eigenvalue weighted by Gasteiger charge is -2.26. The topological polar surface area (TPSA) is 73.5 Å². The third-order valence-corrected chi connectivity index (χ3v) is 3.53. The fourth-order valence-electron chi connectivity index (χ4n) is 2.46. The molecule has 0 unspecified atom stereocenters. The van der Waals surface area contributed by atoms with Gasteiger partial charge in [-0.1, -0.05) is 0 Å². The van der Waals surface area contributed by atoms with Gasteiger partial charge in [0, 0.05) is 26.3 Å². The lowest BCUT2D eigenvalue weighted by Crippen LogP contribution is -2.46. The van der Waals surface area contributed by atoms with E-state index in [-0.39, 0.29) is 17.4 Å². The number of likely N-dealkylation sites (N-methyl/N-ethyl adjacent to an activating group) is 1. The molecular formula is C14H19N3O3. The number of aromatic amines is 1. The third kappa shape index (κ3) is 2.59. The van der Waals surface area contributed by atoms with Gasteiger partial charge in [-0.05, 0) is 31.9 Å². The smallest absolute Gasteiger partial charge is 0.260 e. The molecule has 6 heteroatoms. The Morgan fingerprint density at radius 3 is 2.65 bits per heavy atom. The zero-order valence-electron chi connectivity index (χ0n) is 12.0. The quantitative estimate of drug-likeness (QED) is 0.849. The fourth-order valence-corrected chi connectivity index (χ4v) is 2.46. The molecule has 20 heavy (non-hydrogen) atoms. The highest BCUT2D eigenvalue weighted by Crippen LogP contribution is 2.20. The number of pyridine rings is 1. The summed E-state index contributed by atoms with van der Waals surface area (Å²) in [5.74, 6) is -0.469. The van der Waals surface area contributed by atoms with Crippen LogP contribution in [-0.4, -0.2) is 53.3 Å². The van der Waals surface area contributed by atoms with Crippen molar-refractivity contribution in [2.45, 2.75) is 25.8 Å². The molecule has 0 bridgehead atoms. The van der Waals surface area contributed by atoms with Gasteiger partial charge in [0.15, 0.2) is 0 Å². The maximum atomic E-state index is 12.5. The second-order valence-corrected chi connectivity index (χ2v) is 5.27. The van der Waals surface area contributed by atoms with Gasteiger partial charge in [0.2, 0.25) is 5.91 Å². The van der Waals surface area contributed by atoms with Crippen LogP contribution in [0.25, 0.3) is 0 Å². The maximum absolute atomic E-state index is 12.5. The van der Waals surface area contributed by atoms with Crippen LogP contribution in [0.5, 0.6) is 0 Å². The number of carbonyl (C=O) groups excluding carboxylic acids is 2. The van der Waals surface area contributed by atoms with Crippen molar-refractivity contribution < 1.29 is 9.59 Å². The van der Waals surface area contributed by atoms with Crippen molar-refractivity contribution in [3.05, 3.63) is 33.7 Å². The van der Waals surface area contributed by atoms with Crippen LogP contribution < -0.4 is 5.56 Å². The number of hydrogen-bond acceptors (Lipinski definition) is 3. The van der Waals surface area contributed by atoms with E-state index in [1.54, 1.807) is 27.1 Å². The molecule has 2 heterocycles. The SMILES string of the molecule is Cc1ccc(C(=O)N2CCC[C@@H]2C(=O)N(C)C)c(=O)[nH]1. The fraction of sp³-hybridized carbons (Fsp3) is 0.500. The Balaban J connectivity index is 2.28. The van der Waals surface area contributed by atoms with E-state index in [2.05, 4.69) is 4.98 Å². The average Bonchev–Trinajstić information content (AvgIpc) is 2.86. The van der Waals surface area contributed by atoms with Gasteiger partial charge in [-0.2, -0.15) is 0 Å². The number of nitrogens with zero attached hydrogens (tertiary/aromatic N) is 2. The van der Waals surface area contributed by atoms with Crippen LogP contribution in [0.1, 0.15) is 28.9 Å². The highest BCUT2D eigenvalue weighted by Gasteiger charge is 2.36. The molecule has 1 aliphatic rings. The molecule has 1 aromatic heterocycles. The van der Waals surface area contributed by atoms with Gasteiger partial charge in [0.05, 0.1) is 0 Å². The van der Waals surface area contributed by atoms with Gasteiger partial charge in [-0.25, -0.2) is 0 Å². The van der Waals surface area contributed by atoms with Gasteiger partial charge >= 0.3 is 0 Å². The number of aromatic nitrogens is 1. The number of aryl methyl sites for hydroxylation is 1. The van der Waals surface area contributed by atoms with Crippen LogP contribution in [0.2, 0.25) is 0 Å². The van der Waals surface area contributed by atoms with Gasteiger partial charge < -0.3 is 14.8 Å². The molecule has 0 spiro atoms. The second-order valence-electron chi connectivity index (χ2n) is 5.27. The molecular weight excluding hydrogens is 258 g/mol. The second kappa shape index (κ2) is 5.48. The van der Waals surface area contributed by atoms with Crippen molar-refractivity contribution >= 4 is 11.8 Å². The molecule has 1 N–H and O–H groups in total. The number of H-pyrrole nitrogens is 1. The molecule has 1 aliphatic heterocycles. The van der Waals surface area contributed by atoms with Crippen LogP contribution >= 0.6 is 0 Å². The molecule has 1 aromatic rings. The van der Waals surface area contributed by atoms with Crippen LogP contribution in [-0.2, 0) is 4.79 Å². The Morgan fingerprint density at radius 2 is 2.05 bits per heavy atom. The largest absolute Gasteiger partial charge is 0.347 e. The summed E-state index contributed by atoms with van der Waals surface area (Å²) in [7, 11) is 3.34. The third-order valence-electron chi connectivity index (χ3n) is 3.53. The van der Waals surface area contributed by atoms with Crippen LogP contribution in [0.15, 0.2) is 16.9 Å². The Hall–Kier alpha value is -2.11. The first-order chi connectivity index (χ1) is 9.41. The van der Waals surface area contributed by atoms with Crippen LogP contribution in [0.4, 0.5) is 0 Å². The Kier molecular flexibility index (Phi) is 3.92. The molecule has 6 nitrogen and oxygen atoms in total. The van der Waals surface area contributed by atoms with E-state index in [1.165, 1.54) is 15.9 Å². The lowest BCUT2D eigenvalue weighted by molar-refractivity contribution is -0.132. The molecule has 2 rings (SSSR count). The molecule has 0 aliphatic carbocycles. The van der Waals surface area contributed by atoms with Crippen molar-refractivity contribution in [2.75, 3.05) is 20.6 Å². The van der Waals surface area contributed by atoms with E-state index in [0.29, 0.717) is 18.7 Å². The van der Waals surface area contributed by atoms with E-state index in [1.807, 2.05) is 0 Å². The summed E-state index contributed by atoms with van der Waals surface area (Å²) in [6, 6.07) is 2.75. The Morgan fingerprint density at radius 1 is 1.35 bits per heavy atom. The first-order valence-corrected chi connectivity index (χ1v) is 6.64. The van der Waals surface area contributed by atoms with Crippen molar-refractivity contribution in [1.29, 1.82) is 0 Å². The van der Waals surface area contributed by atoms with E-state index in [9.17, 15) is 14.4 Å². The minimum Gasteiger partial charge on any atom is -0.347 e. The molecule has 1 saturated heterocycles. The number of amides is 2. The number of hydrogen-bond donors (Lipinski definition) is 1. The summed E-state index contributed by atoms with van der Waals surface area (Å²) in [5, 5.41) is 0. The molecule has 108 valence electrons. The normalized spacial score (nSPS) is 18.1. The lowest BCUT2D eigenvalue weighted by atomic mass is 10.1. The number of likely N-dealkylation sites (tertiary alicyclic amines) is 1. The molecule has 0 aromatic carbocycles.